The quantitative estimate of drug-likeness (QED) is 0.601. The second-order valence-electron chi connectivity index (χ2n) is 6.13. The maximum Gasteiger partial charge on any atom is 0.261 e. The lowest BCUT2D eigenvalue weighted by Gasteiger charge is -2.13. The van der Waals surface area contributed by atoms with E-state index in [1.54, 1.807) is 24.3 Å². The molecule has 1 aliphatic rings. The highest BCUT2D eigenvalue weighted by Gasteiger charge is 2.34. The molecular weight excluding hydrogens is 348 g/mol. The van der Waals surface area contributed by atoms with Gasteiger partial charge in [-0.1, -0.05) is 29.8 Å². The lowest BCUT2D eigenvalue weighted by Crippen LogP contribution is -2.31. The molecule has 6 heteroatoms. The number of imide groups is 1. The van der Waals surface area contributed by atoms with Crippen LogP contribution in [-0.2, 0) is 4.79 Å². The van der Waals surface area contributed by atoms with E-state index in [0.29, 0.717) is 35.6 Å². The van der Waals surface area contributed by atoms with Gasteiger partial charge < -0.3 is 5.32 Å². The molecule has 0 aromatic heterocycles. The monoisotopic (exact) mass is 368 g/mol. The van der Waals surface area contributed by atoms with Crippen LogP contribution in [-0.4, -0.2) is 40.7 Å². The van der Waals surface area contributed by atoms with E-state index < -0.39 is 0 Å². The molecule has 134 valence electrons. The van der Waals surface area contributed by atoms with Crippen molar-refractivity contribution in [1.29, 1.82) is 0 Å². The van der Waals surface area contributed by atoms with E-state index in [1.807, 2.05) is 31.2 Å². The van der Waals surface area contributed by atoms with Crippen LogP contribution < -0.4 is 5.32 Å². The topological polar surface area (TPSA) is 66.5 Å². The first-order valence-corrected chi connectivity index (χ1v) is 9.61. The fraction of sp³-hybridized carbons (Fsp3) is 0.250. The lowest BCUT2D eigenvalue weighted by molar-refractivity contribution is -0.113. The van der Waals surface area contributed by atoms with Gasteiger partial charge in [0.2, 0.25) is 5.91 Å². The summed E-state index contributed by atoms with van der Waals surface area (Å²) in [7, 11) is 0. The zero-order valence-corrected chi connectivity index (χ0v) is 15.3. The summed E-state index contributed by atoms with van der Waals surface area (Å²) in [6.45, 7) is 2.37. The van der Waals surface area contributed by atoms with Crippen LogP contribution in [0, 0.1) is 6.92 Å². The van der Waals surface area contributed by atoms with Crippen LogP contribution in [0.3, 0.4) is 0 Å². The molecule has 0 fully saturated rings. The van der Waals surface area contributed by atoms with Gasteiger partial charge in [0.15, 0.2) is 0 Å². The number of nitrogens with zero attached hydrogens (tertiary/aromatic N) is 1. The van der Waals surface area contributed by atoms with Gasteiger partial charge in [-0.25, -0.2) is 0 Å². The second kappa shape index (κ2) is 8.19. The minimum atomic E-state index is -0.229. The Balaban J connectivity index is 1.38. The second-order valence-corrected chi connectivity index (χ2v) is 7.23. The molecule has 0 saturated heterocycles. The largest absolute Gasteiger partial charge is 0.325 e. The number of anilines is 1. The summed E-state index contributed by atoms with van der Waals surface area (Å²) in [5.74, 6) is 0.532. The van der Waals surface area contributed by atoms with Crippen molar-refractivity contribution in [3.8, 4) is 0 Å². The molecule has 0 spiro atoms. The molecule has 1 N–H and O–H groups in total. The Morgan fingerprint density at radius 1 is 1.00 bits per heavy atom. The van der Waals surface area contributed by atoms with Crippen molar-refractivity contribution in [1.82, 2.24) is 4.90 Å². The average Bonchev–Trinajstić information content (AvgIpc) is 2.88. The van der Waals surface area contributed by atoms with Crippen molar-refractivity contribution in [3.05, 3.63) is 65.2 Å². The third-order valence-electron chi connectivity index (χ3n) is 4.12. The standard InChI is InChI=1S/C20H20N2O3S/c1-14-7-9-15(10-8-14)21-18(23)13-26-12-4-11-22-19(24)16-5-2-3-6-17(16)20(22)25/h2-3,5-10H,4,11-13H2,1H3,(H,21,23). The first-order chi connectivity index (χ1) is 12.6. The van der Waals surface area contributed by atoms with Gasteiger partial charge >= 0.3 is 0 Å². The number of carbonyl (C=O) groups is 3. The fourth-order valence-electron chi connectivity index (χ4n) is 2.77. The Labute approximate surface area is 156 Å². The first kappa shape index (κ1) is 18.2. The first-order valence-electron chi connectivity index (χ1n) is 8.46. The molecule has 0 radical (unpaired) electrons. The van der Waals surface area contributed by atoms with Crippen molar-refractivity contribution in [2.45, 2.75) is 13.3 Å². The maximum absolute atomic E-state index is 12.2. The average molecular weight is 368 g/mol. The third-order valence-corrected chi connectivity index (χ3v) is 5.16. The predicted molar refractivity (Wildman–Crippen MR) is 104 cm³/mol. The van der Waals surface area contributed by atoms with Gasteiger partial charge in [0, 0.05) is 12.2 Å². The third kappa shape index (κ3) is 4.14. The summed E-state index contributed by atoms with van der Waals surface area (Å²) in [5, 5.41) is 2.85. The Bertz CT molecular complexity index is 798. The Morgan fingerprint density at radius 3 is 2.23 bits per heavy atom. The SMILES string of the molecule is Cc1ccc(NC(=O)CSCCCN2C(=O)c3ccccc3C2=O)cc1. The van der Waals surface area contributed by atoms with Crippen molar-refractivity contribution in [3.63, 3.8) is 0 Å². The van der Waals surface area contributed by atoms with E-state index in [2.05, 4.69) is 5.32 Å². The number of aryl methyl sites for hydroxylation is 1. The van der Waals surface area contributed by atoms with Crippen LogP contribution in [0.1, 0.15) is 32.7 Å². The van der Waals surface area contributed by atoms with Crippen LogP contribution in [0.2, 0.25) is 0 Å². The van der Waals surface area contributed by atoms with Crippen LogP contribution in [0.25, 0.3) is 0 Å². The zero-order chi connectivity index (χ0) is 18.5. The molecule has 2 aromatic carbocycles. The Kier molecular flexibility index (Phi) is 5.73. The van der Waals surface area contributed by atoms with Crippen LogP contribution in [0.4, 0.5) is 5.69 Å². The number of amides is 3. The van der Waals surface area contributed by atoms with E-state index in [9.17, 15) is 14.4 Å². The molecule has 3 rings (SSSR count). The molecule has 0 saturated carbocycles. The van der Waals surface area contributed by atoms with Gasteiger partial charge in [0.05, 0.1) is 16.9 Å². The number of carbonyl (C=O) groups excluding carboxylic acids is 3. The Hall–Kier alpha value is -2.60. The van der Waals surface area contributed by atoms with Crippen molar-refractivity contribution in [2.24, 2.45) is 0 Å². The van der Waals surface area contributed by atoms with Gasteiger partial charge in [-0.15, -0.1) is 0 Å². The minimum Gasteiger partial charge on any atom is -0.325 e. The van der Waals surface area contributed by atoms with E-state index in [0.717, 1.165) is 11.3 Å². The number of rotatable bonds is 7. The number of fused-ring (bicyclic) bond motifs is 1. The van der Waals surface area contributed by atoms with Gasteiger partial charge in [-0.2, -0.15) is 11.8 Å². The molecule has 0 aliphatic carbocycles. The van der Waals surface area contributed by atoms with E-state index in [4.69, 9.17) is 0 Å². The van der Waals surface area contributed by atoms with E-state index >= 15 is 0 Å². The molecule has 1 heterocycles. The van der Waals surface area contributed by atoms with Gasteiger partial charge in [0.25, 0.3) is 11.8 Å². The number of thioether (sulfide) groups is 1. The predicted octanol–water partition coefficient (Wildman–Crippen LogP) is 3.35. The normalized spacial score (nSPS) is 13.0. The van der Waals surface area contributed by atoms with Crippen LogP contribution >= 0.6 is 11.8 Å². The van der Waals surface area contributed by atoms with Gasteiger partial charge in [-0.3, -0.25) is 19.3 Å². The molecule has 26 heavy (non-hydrogen) atoms. The molecule has 2 aromatic rings. The summed E-state index contributed by atoms with van der Waals surface area (Å²) >= 11 is 1.49. The van der Waals surface area contributed by atoms with E-state index in [1.165, 1.54) is 16.7 Å². The lowest BCUT2D eigenvalue weighted by atomic mass is 10.1. The minimum absolute atomic E-state index is 0.0559. The Morgan fingerprint density at radius 2 is 1.62 bits per heavy atom. The number of benzene rings is 2. The van der Waals surface area contributed by atoms with Crippen molar-refractivity contribution in [2.75, 3.05) is 23.4 Å². The van der Waals surface area contributed by atoms with Crippen molar-refractivity contribution < 1.29 is 14.4 Å². The smallest absolute Gasteiger partial charge is 0.261 e. The molecule has 1 aliphatic heterocycles. The molecule has 3 amide bonds. The highest BCUT2D eigenvalue weighted by molar-refractivity contribution is 7.99. The molecule has 0 atom stereocenters. The summed E-state index contributed by atoms with van der Waals surface area (Å²) in [6.07, 6.45) is 0.661. The summed E-state index contributed by atoms with van der Waals surface area (Å²) in [5.41, 5.74) is 2.88. The number of hydrogen-bond donors (Lipinski definition) is 1. The molecular formula is C20H20N2O3S. The maximum atomic E-state index is 12.2. The zero-order valence-electron chi connectivity index (χ0n) is 14.5. The van der Waals surface area contributed by atoms with E-state index in [-0.39, 0.29) is 17.7 Å². The van der Waals surface area contributed by atoms with Crippen molar-refractivity contribution >= 4 is 35.2 Å². The van der Waals surface area contributed by atoms with Gasteiger partial charge in [-0.05, 0) is 43.4 Å². The van der Waals surface area contributed by atoms with Crippen LogP contribution in [0.5, 0.6) is 0 Å². The summed E-state index contributed by atoms with van der Waals surface area (Å²) in [6, 6.07) is 14.5. The fourth-order valence-corrected chi connectivity index (χ4v) is 3.50. The number of nitrogens with one attached hydrogen (secondary N) is 1. The summed E-state index contributed by atoms with van der Waals surface area (Å²) in [4.78, 5) is 37.7. The molecule has 0 unspecified atom stereocenters. The number of hydrogen-bond acceptors (Lipinski definition) is 4. The van der Waals surface area contributed by atoms with Gasteiger partial charge in [0.1, 0.15) is 0 Å². The highest BCUT2D eigenvalue weighted by Crippen LogP contribution is 2.22. The molecule has 0 bridgehead atoms. The molecule has 5 nitrogen and oxygen atoms in total. The van der Waals surface area contributed by atoms with Crippen LogP contribution in [0.15, 0.2) is 48.5 Å². The summed E-state index contributed by atoms with van der Waals surface area (Å²) < 4.78 is 0. The highest BCUT2D eigenvalue weighted by atomic mass is 32.2.